The lowest BCUT2D eigenvalue weighted by Crippen LogP contribution is -1.88. The highest BCUT2D eigenvalue weighted by atomic mass is 35.5. The highest BCUT2D eigenvalue weighted by molar-refractivity contribution is 6.30. The standard InChI is InChI=1S/C14H10ClN3O/c15-12-5-1-3-10(7-12)8-13-17-14(18-19-13)11-4-2-6-16-9-11/h1-7,9H,8H2. The summed E-state index contributed by atoms with van der Waals surface area (Å²) in [5.41, 5.74) is 1.87. The fraction of sp³-hybridized carbons (Fsp3) is 0.0714. The van der Waals surface area contributed by atoms with Crippen LogP contribution in [-0.4, -0.2) is 15.1 Å². The van der Waals surface area contributed by atoms with E-state index in [-0.39, 0.29) is 0 Å². The van der Waals surface area contributed by atoms with Gasteiger partial charge in [0.25, 0.3) is 0 Å². The van der Waals surface area contributed by atoms with Gasteiger partial charge >= 0.3 is 0 Å². The van der Waals surface area contributed by atoms with E-state index in [0.717, 1.165) is 11.1 Å². The molecule has 0 fully saturated rings. The summed E-state index contributed by atoms with van der Waals surface area (Å²) in [4.78, 5) is 8.37. The number of aromatic nitrogens is 3. The van der Waals surface area contributed by atoms with Crippen molar-refractivity contribution in [2.45, 2.75) is 6.42 Å². The van der Waals surface area contributed by atoms with Crippen LogP contribution < -0.4 is 0 Å². The van der Waals surface area contributed by atoms with Crippen LogP contribution in [-0.2, 0) is 6.42 Å². The molecule has 0 saturated carbocycles. The first-order valence-electron chi connectivity index (χ1n) is 5.79. The van der Waals surface area contributed by atoms with Gasteiger partial charge in [-0.25, -0.2) is 0 Å². The van der Waals surface area contributed by atoms with Crippen molar-refractivity contribution in [2.24, 2.45) is 0 Å². The molecule has 4 nitrogen and oxygen atoms in total. The van der Waals surface area contributed by atoms with E-state index in [0.29, 0.717) is 23.2 Å². The lowest BCUT2D eigenvalue weighted by molar-refractivity contribution is 0.385. The number of benzene rings is 1. The zero-order valence-electron chi connectivity index (χ0n) is 9.95. The van der Waals surface area contributed by atoms with Crippen LogP contribution in [0.4, 0.5) is 0 Å². The maximum Gasteiger partial charge on any atom is 0.231 e. The largest absolute Gasteiger partial charge is 0.339 e. The molecule has 0 N–H and O–H groups in total. The van der Waals surface area contributed by atoms with Crippen LogP contribution in [0.5, 0.6) is 0 Å². The zero-order chi connectivity index (χ0) is 13.1. The molecule has 94 valence electrons. The summed E-state index contributed by atoms with van der Waals surface area (Å²) >= 11 is 5.94. The molecule has 1 aromatic carbocycles. The Morgan fingerprint density at radius 3 is 2.89 bits per heavy atom. The topological polar surface area (TPSA) is 51.8 Å². The predicted molar refractivity (Wildman–Crippen MR) is 71.8 cm³/mol. The minimum atomic E-state index is 0.546. The molecule has 3 rings (SSSR count). The summed E-state index contributed by atoms with van der Waals surface area (Å²) in [7, 11) is 0. The van der Waals surface area contributed by atoms with Crippen LogP contribution in [0, 0.1) is 0 Å². The molecule has 0 saturated heterocycles. The van der Waals surface area contributed by atoms with Gasteiger partial charge in [-0.1, -0.05) is 28.9 Å². The molecule has 0 aliphatic heterocycles. The van der Waals surface area contributed by atoms with E-state index >= 15 is 0 Å². The highest BCUT2D eigenvalue weighted by Gasteiger charge is 2.09. The SMILES string of the molecule is Clc1cccc(Cc2nc(-c3cccnc3)no2)c1. The molecule has 2 aromatic heterocycles. The highest BCUT2D eigenvalue weighted by Crippen LogP contribution is 2.17. The van der Waals surface area contributed by atoms with Gasteiger partial charge in [-0.15, -0.1) is 0 Å². The van der Waals surface area contributed by atoms with E-state index in [1.165, 1.54) is 0 Å². The molecule has 0 radical (unpaired) electrons. The van der Waals surface area contributed by atoms with Gasteiger partial charge in [-0.05, 0) is 29.8 Å². The number of hydrogen-bond acceptors (Lipinski definition) is 4. The Labute approximate surface area is 115 Å². The van der Waals surface area contributed by atoms with Gasteiger partial charge in [0.15, 0.2) is 0 Å². The molecule has 0 unspecified atom stereocenters. The van der Waals surface area contributed by atoms with Gasteiger partial charge < -0.3 is 4.52 Å². The molecule has 19 heavy (non-hydrogen) atoms. The first kappa shape index (κ1) is 11.9. The Hall–Kier alpha value is -2.20. The van der Waals surface area contributed by atoms with Crippen molar-refractivity contribution in [3.8, 4) is 11.4 Å². The van der Waals surface area contributed by atoms with Crippen LogP contribution >= 0.6 is 11.6 Å². The van der Waals surface area contributed by atoms with Crippen LogP contribution in [0.15, 0.2) is 53.3 Å². The van der Waals surface area contributed by atoms with Crippen molar-refractivity contribution in [1.29, 1.82) is 0 Å². The first-order valence-corrected chi connectivity index (χ1v) is 6.16. The first-order chi connectivity index (χ1) is 9.31. The Bertz CT molecular complexity index is 682. The quantitative estimate of drug-likeness (QED) is 0.733. The molecule has 5 heteroatoms. The van der Waals surface area contributed by atoms with Crippen molar-refractivity contribution in [3.63, 3.8) is 0 Å². The molecule has 0 amide bonds. The molecular formula is C14H10ClN3O. The number of nitrogens with zero attached hydrogens (tertiary/aromatic N) is 3. The lowest BCUT2D eigenvalue weighted by atomic mass is 10.1. The summed E-state index contributed by atoms with van der Waals surface area (Å²) < 4.78 is 5.23. The van der Waals surface area contributed by atoms with E-state index in [4.69, 9.17) is 16.1 Å². The minimum Gasteiger partial charge on any atom is -0.339 e. The van der Waals surface area contributed by atoms with Crippen molar-refractivity contribution >= 4 is 11.6 Å². The smallest absolute Gasteiger partial charge is 0.231 e. The van der Waals surface area contributed by atoms with Crippen molar-refractivity contribution in [2.75, 3.05) is 0 Å². The number of pyridine rings is 1. The molecule has 0 spiro atoms. The third-order valence-electron chi connectivity index (χ3n) is 2.63. The zero-order valence-corrected chi connectivity index (χ0v) is 10.7. The minimum absolute atomic E-state index is 0.546. The van der Waals surface area contributed by atoms with E-state index in [1.54, 1.807) is 12.4 Å². The van der Waals surface area contributed by atoms with E-state index in [9.17, 15) is 0 Å². The molecular weight excluding hydrogens is 262 g/mol. The van der Waals surface area contributed by atoms with Gasteiger partial charge in [0.1, 0.15) is 0 Å². The van der Waals surface area contributed by atoms with Crippen LogP contribution in [0.25, 0.3) is 11.4 Å². The summed E-state index contributed by atoms with van der Waals surface area (Å²) in [6, 6.07) is 11.3. The van der Waals surface area contributed by atoms with Crippen LogP contribution in [0.3, 0.4) is 0 Å². The average molecular weight is 272 g/mol. The Morgan fingerprint density at radius 1 is 1.16 bits per heavy atom. The summed E-state index contributed by atoms with van der Waals surface area (Å²) in [5, 5.41) is 4.64. The van der Waals surface area contributed by atoms with E-state index in [2.05, 4.69) is 15.1 Å². The van der Waals surface area contributed by atoms with Crippen molar-refractivity contribution < 1.29 is 4.52 Å². The number of rotatable bonds is 3. The summed E-state index contributed by atoms with van der Waals surface area (Å²) in [6.07, 6.45) is 3.97. The summed E-state index contributed by atoms with van der Waals surface area (Å²) in [5.74, 6) is 1.10. The Morgan fingerprint density at radius 2 is 2.11 bits per heavy atom. The average Bonchev–Trinajstić information content (AvgIpc) is 2.88. The second-order valence-electron chi connectivity index (χ2n) is 4.06. The maximum absolute atomic E-state index is 5.94. The van der Waals surface area contributed by atoms with E-state index in [1.807, 2.05) is 36.4 Å². The lowest BCUT2D eigenvalue weighted by Gasteiger charge is -1.96. The second kappa shape index (κ2) is 5.20. The Balaban J connectivity index is 1.82. The van der Waals surface area contributed by atoms with Crippen LogP contribution in [0.1, 0.15) is 11.5 Å². The fourth-order valence-electron chi connectivity index (χ4n) is 1.76. The predicted octanol–water partition coefficient (Wildman–Crippen LogP) is 3.38. The van der Waals surface area contributed by atoms with Gasteiger partial charge in [0, 0.05) is 23.0 Å². The normalized spacial score (nSPS) is 10.6. The van der Waals surface area contributed by atoms with Crippen molar-refractivity contribution in [3.05, 3.63) is 65.3 Å². The van der Waals surface area contributed by atoms with Crippen molar-refractivity contribution in [1.82, 2.24) is 15.1 Å². The third-order valence-corrected chi connectivity index (χ3v) is 2.87. The third kappa shape index (κ3) is 2.80. The summed E-state index contributed by atoms with van der Waals surface area (Å²) in [6.45, 7) is 0. The Kier molecular flexibility index (Phi) is 3.25. The molecule has 0 aliphatic carbocycles. The number of hydrogen-bond donors (Lipinski definition) is 0. The molecule has 0 bridgehead atoms. The van der Waals surface area contributed by atoms with Gasteiger partial charge in [0.2, 0.25) is 11.7 Å². The van der Waals surface area contributed by atoms with Crippen LogP contribution in [0.2, 0.25) is 5.02 Å². The maximum atomic E-state index is 5.94. The molecule has 2 heterocycles. The molecule has 3 aromatic rings. The molecule has 0 atom stereocenters. The monoisotopic (exact) mass is 271 g/mol. The van der Waals surface area contributed by atoms with Gasteiger partial charge in [-0.2, -0.15) is 4.98 Å². The van der Waals surface area contributed by atoms with E-state index < -0.39 is 0 Å². The van der Waals surface area contributed by atoms with Gasteiger partial charge in [0.05, 0.1) is 6.42 Å². The van der Waals surface area contributed by atoms with Gasteiger partial charge in [-0.3, -0.25) is 4.98 Å². The fourth-order valence-corrected chi connectivity index (χ4v) is 1.97. The second-order valence-corrected chi connectivity index (χ2v) is 4.50. The number of halogens is 1. The molecule has 0 aliphatic rings.